The van der Waals surface area contributed by atoms with Crippen molar-refractivity contribution in [1.29, 1.82) is 0 Å². The number of hydrogen-bond donors (Lipinski definition) is 1. The predicted molar refractivity (Wildman–Crippen MR) is 63.5 cm³/mol. The van der Waals surface area contributed by atoms with E-state index in [0.29, 0.717) is 13.0 Å². The smallest absolute Gasteiger partial charge is 0.161 e. The van der Waals surface area contributed by atoms with Crippen molar-refractivity contribution < 1.29 is 9.53 Å². The van der Waals surface area contributed by atoms with E-state index in [0.717, 1.165) is 25.0 Å². The van der Waals surface area contributed by atoms with E-state index in [1.54, 1.807) is 10.9 Å². The molecule has 17 heavy (non-hydrogen) atoms. The molecule has 2 atom stereocenters. The molecule has 0 aliphatic carbocycles. The van der Waals surface area contributed by atoms with Gasteiger partial charge in [0, 0.05) is 31.9 Å². The van der Waals surface area contributed by atoms with Gasteiger partial charge in [-0.1, -0.05) is 0 Å². The maximum atomic E-state index is 11.9. The van der Waals surface area contributed by atoms with Gasteiger partial charge in [-0.15, -0.1) is 0 Å². The summed E-state index contributed by atoms with van der Waals surface area (Å²) in [6, 6.07) is 1.94. The van der Waals surface area contributed by atoms with Crippen LogP contribution >= 0.6 is 0 Å². The zero-order valence-electron chi connectivity index (χ0n) is 10.1. The Bertz CT molecular complexity index is 389. The molecule has 1 aromatic rings. The van der Waals surface area contributed by atoms with E-state index in [1.807, 2.05) is 13.1 Å². The highest BCUT2D eigenvalue weighted by molar-refractivity contribution is 5.83. The molecule has 2 heterocycles. The fraction of sp³-hybridized carbons (Fsp3) is 0.667. The highest BCUT2D eigenvalue weighted by Crippen LogP contribution is 2.21. The van der Waals surface area contributed by atoms with Crippen molar-refractivity contribution in [3.05, 3.63) is 18.0 Å². The van der Waals surface area contributed by atoms with E-state index in [4.69, 9.17) is 10.5 Å². The molecule has 94 valence electrons. The Morgan fingerprint density at radius 2 is 2.47 bits per heavy atom. The number of ketones is 1. The van der Waals surface area contributed by atoms with Gasteiger partial charge < -0.3 is 10.5 Å². The lowest BCUT2D eigenvalue weighted by molar-refractivity contribution is -0.129. The second-order valence-electron chi connectivity index (χ2n) is 4.47. The fourth-order valence-electron chi connectivity index (χ4n) is 2.17. The van der Waals surface area contributed by atoms with E-state index in [-0.39, 0.29) is 18.0 Å². The first-order chi connectivity index (χ1) is 8.20. The third kappa shape index (κ3) is 2.92. The van der Waals surface area contributed by atoms with Gasteiger partial charge >= 0.3 is 0 Å². The highest BCUT2D eigenvalue weighted by atomic mass is 16.5. The Morgan fingerprint density at radius 1 is 1.65 bits per heavy atom. The van der Waals surface area contributed by atoms with E-state index >= 15 is 0 Å². The number of aromatic nitrogens is 2. The highest BCUT2D eigenvalue weighted by Gasteiger charge is 2.29. The van der Waals surface area contributed by atoms with Crippen LogP contribution in [0.3, 0.4) is 0 Å². The molecule has 1 saturated heterocycles. The summed E-state index contributed by atoms with van der Waals surface area (Å²) in [5.41, 5.74) is 6.59. The molecule has 0 bridgehead atoms. The number of nitrogens with two attached hydrogens (primary N) is 1. The van der Waals surface area contributed by atoms with Crippen LogP contribution in [0.4, 0.5) is 0 Å². The summed E-state index contributed by atoms with van der Waals surface area (Å²) in [5.74, 6) is 0.183. The number of hydrogen-bond acceptors (Lipinski definition) is 4. The first-order valence-corrected chi connectivity index (χ1v) is 6.06. The molecule has 2 unspecified atom stereocenters. The number of carbonyl (C=O) groups excluding carboxylic acids is 1. The van der Waals surface area contributed by atoms with Crippen molar-refractivity contribution in [3.8, 4) is 0 Å². The molecule has 2 rings (SSSR count). The Balaban J connectivity index is 1.80. The third-order valence-corrected chi connectivity index (χ3v) is 3.28. The van der Waals surface area contributed by atoms with Crippen LogP contribution in [0.1, 0.15) is 25.0 Å². The average Bonchev–Trinajstić information content (AvgIpc) is 2.94. The molecule has 5 heteroatoms. The second kappa shape index (κ2) is 5.42. The van der Waals surface area contributed by atoms with Gasteiger partial charge in [-0.3, -0.25) is 9.48 Å². The summed E-state index contributed by atoms with van der Waals surface area (Å²) in [7, 11) is 1.89. The SMILES string of the molecule is Cn1nccc1CCC(=O)C1CCC(CN)O1. The Labute approximate surface area is 101 Å². The predicted octanol–water partition coefficient (Wildman–Crippen LogP) is 0.428. The van der Waals surface area contributed by atoms with Crippen LogP contribution in [0, 0.1) is 0 Å². The van der Waals surface area contributed by atoms with Gasteiger partial charge in [0.1, 0.15) is 6.10 Å². The minimum Gasteiger partial charge on any atom is -0.366 e. The van der Waals surface area contributed by atoms with Crippen LogP contribution in [0.5, 0.6) is 0 Å². The molecular formula is C12H19N3O2. The van der Waals surface area contributed by atoms with Crippen LogP contribution in [0.15, 0.2) is 12.3 Å². The summed E-state index contributed by atoms with van der Waals surface area (Å²) < 4.78 is 7.37. The quantitative estimate of drug-likeness (QED) is 0.806. The molecule has 2 N–H and O–H groups in total. The number of nitrogens with zero attached hydrogens (tertiary/aromatic N) is 2. The Morgan fingerprint density at radius 3 is 3.06 bits per heavy atom. The van der Waals surface area contributed by atoms with Crippen molar-refractivity contribution in [3.63, 3.8) is 0 Å². The van der Waals surface area contributed by atoms with Crippen LogP contribution < -0.4 is 5.73 Å². The number of carbonyl (C=O) groups is 1. The van der Waals surface area contributed by atoms with Gasteiger partial charge in [0.15, 0.2) is 5.78 Å². The zero-order chi connectivity index (χ0) is 12.3. The van der Waals surface area contributed by atoms with Gasteiger partial charge in [-0.05, 0) is 25.3 Å². The van der Waals surface area contributed by atoms with E-state index < -0.39 is 0 Å². The third-order valence-electron chi connectivity index (χ3n) is 3.28. The van der Waals surface area contributed by atoms with Crippen molar-refractivity contribution in [2.75, 3.05) is 6.54 Å². The van der Waals surface area contributed by atoms with Gasteiger partial charge in [0.2, 0.25) is 0 Å². The van der Waals surface area contributed by atoms with Crippen molar-refractivity contribution in [2.24, 2.45) is 12.8 Å². The molecule has 1 aliphatic heterocycles. The van der Waals surface area contributed by atoms with E-state index in [1.165, 1.54) is 0 Å². The van der Waals surface area contributed by atoms with Crippen molar-refractivity contribution >= 4 is 5.78 Å². The lowest BCUT2D eigenvalue weighted by Crippen LogP contribution is -2.25. The molecule has 0 radical (unpaired) electrons. The average molecular weight is 237 g/mol. The molecule has 1 fully saturated rings. The number of aryl methyl sites for hydroxylation is 2. The molecule has 5 nitrogen and oxygen atoms in total. The summed E-state index contributed by atoms with van der Waals surface area (Å²) in [6.07, 6.45) is 4.53. The van der Waals surface area contributed by atoms with Crippen LogP contribution in [-0.4, -0.2) is 34.3 Å². The number of rotatable bonds is 5. The Kier molecular flexibility index (Phi) is 3.91. The molecule has 0 aromatic carbocycles. The maximum Gasteiger partial charge on any atom is 0.161 e. The summed E-state index contributed by atoms with van der Waals surface area (Å²) in [6.45, 7) is 0.505. The largest absolute Gasteiger partial charge is 0.366 e. The van der Waals surface area contributed by atoms with Crippen LogP contribution in [0.25, 0.3) is 0 Å². The van der Waals surface area contributed by atoms with Gasteiger partial charge in [0.25, 0.3) is 0 Å². The molecule has 0 saturated carbocycles. The molecule has 0 spiro atoms. The molecule has 0 amide bonds. The van der Waals surface area contributed by atoms with Crippen molar-refractivity contribution in [1.82, 2.24) is 9.78 Å². The topological polar surface area (TPSA) is 70.1 Å². The molecular weight excluding hydrogens is 218 g/mol. The molecule has 1 aliphatic rings. The zero-order valence-corrected chi connectivity index (χ0v) is 10.1. The van der Waals surface area contributed by atoms with Crippen LogP contribution in [0.2, 0.25) is 0 Å². The monoisotopic (exact) mass is 237 g/mol. The second-order valence-corrected chi connectivity index (χ2v) is 4.47. The van der Waals surface area contributed by atoms with Crippen LogP contribution in [-0.2, 0) is 23.0 Å². The summed E-state index contributed by atoms with van der Waals surface area (Å²) >= 11 is 0. The molecule has 1 aromatic heterocycles. The first-order valence-electron chi connectivity index (χ1n) is 6.06. The standard InChI is InChI=1S/C12H19N3O2/c1-15-9(6-7-14-15)2-4-11(16)12-5-3-10(8-13)17-12/h6-7,10,12H,2-5,8,13H2,1H3. The summed E-state index contributed by atoms with van der Waals surface area (Å²) in [5, 5.41) is 4.07. The lowest BCUT2D eigenvalue weighted by Gasteiger charge is -2.11. The van der Waals surface area contributed by atoms with Gasteiger partial charge in [-0.25, -0.2) is 0 Å². The minimum absolute atomic E-state index is 0.0700. The number of ether oxygens (including phenoxy) is 1. The van der Waals surface area contributed by atoms with Gasteiger partial charge in [-0.2, -0.15) is 5.10 Å². The number of Topliss-reactive ketones (excluding diaryl/α,β-unsaturated/α-hetero) is 1. The van der Waals surface area contributed by atoms with Gasteiger partial charge in [0.05, 0.1) is 6.10 Å². The first kappa shape index (κ1) is 12.3. The van der Waals surface area contributed by atoms with E-state index in [2.05, 4.69) is 5.10 Å². The fourth-order valence-corrected chi connectivity index (χ4v) is 2.17. The summed E-state index contributed by atoms with van der Waals surface area (Å²) in [4.78, 5) is 11.9. The maximum absolute atomic E-state index is 11.9. The normalized spacial score (nSPS) is 24.1. The Hall–Kier alpha value is -1.20. The van der Waals surface area contributed by atoms with Crippen molar-refractivity contribution in [2.45, 2.75) is 37.9 Å². The minimum atomic E-state index is -0.239. The van der Waals surface area contributed by atoms with E-state index in [9.17, 15) is 4.79 Å². The lowest BCUT2D eigenvalue weighted by atomic mass is 10.1.